The Bertz CT molecular complexity index is 642. The van der Waals surface area contributed by atoms with Crippen molar-refractivity contribution in [2.24, 2.45) is 4.99 Å². The van der Waals surface area contributed by atoms with Crippen LogP contribution in [-0.4, -0.2) is 18.0 Å². The summed E-state index contributed by atoms with van der Waals surface area (Å²) in [4.78, 5) is 9.55. The lowest BCUT2D eigenvalue weighted by atomic mass is 10.1. The number of thiazole rings is 1. The van der Waals surface area contributed by atoms with Crippen LogP contribution in [0.4, 0.5) is 4.39 Å². The molecule has 0 fully saturated rings. The fourth-order valence-corrected chi connectivity index (χ4v) is 2.53. The van der Waals surface area contributed by atoms with E-state index in [4.69, 9.17) is 0 Å². The Labute approximate surface area is 151 Å². The lowest BCUT2D eigenvalue weighted by Gasteiger charge is -2.12. The first-order valence-corrected chi connectivity index (χ1v) is 7.56. The Morgan fingerprint density at radius 2 is 2.00 bits per heavy atom. The first kappa shape index (κ1) is 18.8. The molecule has 0 aliphatic heterocycles. The second-order valence-corrected chi connectivity index (χ2v) is 5.66. The normalized spacial score (nSPS) is 11.0. The summed E-state index contributed by atoms with van der Waals surface area (Å²) in [5, 5.41) is 6.40. The third kappa shape index (κ3) is 5.20. The summed E-state index contributed by atoms with van der Waals surface area (Å²) < 4.78 is 13.5. The molecule has 1 aromatic carbocycles. The Morgan fingerprint density at radius 3 is 2.59 bits per heavy atom. The number of hydrogen-bond donors (Lipinski definition) is 2. The Hall–Kier alpha value is -1.22. The maximum atomic E-state index is 13.5. The maximum Gasteiger partial charge on any atom is 0.191 e. The molecule has 7 heteroatoms. The number of nitrogens with zero attached hydrogens (tertiary/aromatic N) is 2. The van der Waals surface area contributed by atoms with Crippen LogP contribution in [0.5, 0.6) is 0 Å². The summed E-state index contributed by atoms with van der Waals surface area (Å²) >= 11 is 1.61. The standard InChI is InChI=1S/C15H19FN4S.HI/c1-10-4-5-12(6-13(10)16)7-18-15(17-3)19-8-14-11(2)20-9-21-14;/h4-6,9H,7-8H2,1-3H3,(H2,17,18,19);1H. The van der Waals surface area contributed by atoms with E-state index in [0.717, 1.165) is 11.3 Å². The predicted molar refractivity (Wildman–Crippen MR) is 100 cm³/mol. The maximum absolute atomic E-state index is 13.5. The van der Waals surface area contributed by atoms with Crippen molar-refractivity contribution in [3.05, 3.63) is 51.2 Å². The highest BCUT2D eigenvalue weighted by atomic mass is 127. The SMILES string of the molecule is CN=C(NCc1ccc(C)c(F)c1)NCc1scnc1C.I. The number of benzene rings is 1. The van der Waals surface area contributed by atoms with E-state index >= 15 is 0 Å². The van der Waals surface area contributed by atoms with Gasteiger partial charge in [-0.3, -0.25) is 4.99 Å². The molecule has 0 atom stereocenters. The molecule has 0 bridgehead atoms. The van der Waals surface area contributed by atoms with Crippen LogP contribution in [0.1, 0.15) is 21.7 Å². The van der Waals surface area contributed by atoms with Gasteiger partial charge in [0.15, 0.2) is 5.96 Å². The van der Waals surface area contributed by atoms with Gasteiger partial charge >= 0.3 is 0 Å². The Balaban J connectivity index is 0.00000242. The van der Waals surface area contributed by atoms with Crippen molar-refractivity contribution in [1.82, 2.24) is 15.6 Å². The number of aliphatic imine (C=N–C) groups is 1. The molecule has 22 heavy (non-hydrogen) atoms. The van der Waals surface area contributed by atoms with E-state index < -0.39 is 0 Å². The molecular formula is C15H20FIN4S. The Morgan fingerprint density at radius 1 is 1.27 bits per heavy atom. The molecule has 0 aliphatic carbocycles. The minimum absolute atomic E-state index is 0. The molecule has 4 nitrogen and oxygen atoms in total. The molecule has 1 aromatic heterocycles. The lowest BCUT2D eigenvalue weighted by molar-refractivity contribution is 0.615. The van der Waals surface area contributed by atoms with Crippen molar-refractivity contribution in [2.75, 3.05) is 7.05 Å². The third-order valence-corrected chi connectivity index (χ3v) is 4.12. The summed E-state index contributed by atoms with van der Waals surface area (Å²) in [5.74, 6) is 0.501. The molecule has 120 valence electrons. The van der Waals surface area contributed by atoms with Crippen molar-refractivity contribution < 1.29 is 4.39 Å². The average molecular weight is 434 g/mol. The van der Waals surface area contributed by atoms with Gasteiger partial charge in [0.1, 0.15) is 5.82 Å². The molecule has 0 aliphatic rings. The Kier molecular flexibility index (Phi) is 7.74. The van der Waals surface area contributed by atoms with Gasteiger partial charge in [-0.05, 0) is 31.0 Å². The van der Waals surface area contributed by atoms with Gasteiger partial charge < -0.3 is 10.6 Å². The van der Waals surface area contributed by atoms with Gasteiger partial charge in [0.2, 0.25) is 0 Å². The molecule has 2 aromatic rings. The molecule has 0 amide bonds. The van der Waals surface area contributed by atoms with Gasteiger partial charge in [0.25, 0.3) is 0 Å². The quantitative estimate of drug-likeness (QED) is 0.441. The third-order valence-electron chi connectivity index (χ3n) is 3.18. The van der Waals surface area contributed by atoms with Crippen molar-refractivity contribution >= 4 is 41.3 Å². The number of aromatic nitrogens is 1. The summed E-state index contributed by atoms with van der Waals surface area (Å²) in [7, 11) is 1.71. The molecule has 0 unspecified atom stereocenters. The smallest absolute Gasteiger partial charge is 0.191 e. The second kappa shape index (κ2) is 9.04. The molecule has 0 spiro atoms. The minimum atomic E-state index is -0.183. The van der Waals surface area contributed by atoms with Gasteiger partial charge in [-0.2, -0.15) is 0 Å². The summed E-state index contributed by atoms with van der Waals surface area (Å²) in [6.07, 6.45) is 0. The van der Waals surface area contributed by atoms with Crippen LogP contribution in [0.2, 0.25) is 0 Å². The number of rotatable bonds is 4. The number of halogens is 2. The van der Waals surface area contributed by atoms with Crippen LogP contribution < -0.4 is 10.6 Å². The van der Waals surface area contributed by atoms with E-state index in [-0.39, 0.29) is 29.8 Å². The lowest BCUT2D eigenvalue weighted by Crippen LogP contribution is -2.36. The zero-order valence-corrected chi connectivity index (χ0v) is 16.0. The molecule has 2 rings (SSSR count). The molecule has 1 heterocycles. The van der Waals surface area contributed by atoms with Crippen molar-refractivity contribution in [1.29, 1.82) is 0 Å². The zero-order valence-electron chi connectivity index (χ0n) is 12.8. The van der Waals surface area contributed by atoms with E-state index in [9.17, 15) is 4.39 Å². The van der Waals surface area contributed by atoms with Crippen LogP contribution in [0.15, 0.2) is 28.7 Å². The average Bonchev–Trinajstić information content (AvgIpc) is 2.88. The van der Waals surface area contributed by atoms with Gasteiger partial charge in [0.05, 0.1) is 17.7 Å². The summed E-state index contributed by atoms with van der Waals surface area (Å²) in [5.41, 5.74) is 4.40. The fraction of sp³-hybridized carbons (Fsp3) is 0.333. The van der Waals surface area contributed by atoms with Crippen LogP contribution in [0, 0.1) is 19.7 Å². The summed E-state index contributed by atoms with van der Waals surface area (Å²) in [6.45, 7) is 4.94. The monoisotopic (exact) mass is 434 g/mol. The largest absolute Gasteiger partial charge is 0.352 e. The van der Waals surface area contributed by atoms with E-state index in [1.807, 2.05) is 18.5 Å². The van der Waals surface area contributed by atoms with Gasteiger partial charge in [-0.1, -0.05) is 12.1 Å². The van der Waals surface area contributed by atoms with Crippen LogP contribution in [0.3, 0.4) is 0 Å². The highest BCUT2D eigenvalue weighted by Crippen LogP contribution is 2.11. The van der Waals surface area contributed by atoms with Crippen LogP contribution >= 0.6 is 35.3 Å². The molecule has 0 saturated carbocycles. The predicted octanol–water partition coefficient (Wildman–Crippen LogP) is 3.38. The highest BCUT2D eigenvalue weighted by molar-refractivity contribution is 14.0. The minimum Gasteiger partial charge on any atom is -0.352 e. The zero-order chi connectivity index (χ0) is 15.2. The highest BCUT2D eigenvalue weighted by Gasteiger charge is 2.04. The van der Waals surface area contributed by atoms with Gasteiger partial charge in [-0.15, -0.1) is 35.3 Å². The molecule has 0 saturated heterocycles. The fourth-order valence-electron chi connectivity index (χ4n) is 1.81. The summed E-state index contributed by atoms with van der Waals surface area (Å²) in [6, 6.07) is 5.23. The van der Waals surface area contributed by atoms with E-state index in [1.165, 1.54) is 4.88 Å². The van der Waals surface area contributed by atoms with Crippen molar-refractivity contribution in [3.63, 3.8) is 0 Å². The van der Waals surface area contributed by atoms with Crippen molar-refractivity contribution in [3.8, 4) is 0 Å². The number of aryl methyl sites for hydroxylation is 2. The molecule has 0 radical (unpaired) electrons. The van der Waals surface area contributed by atoms with E-state index in [1.54, 1.807) is 37.4 Å². The van der Waals surface area contributed by atoms with Crippen LogP contribution in [0.25, 0.3) is 0 Å². The number of nitrogens with one attached hydrogen (secondary N) is 2. The van der Waals surface area contributed by atoms with Crippen LogP contribution in [-0.2, 0) is 13.1 Å². The second-order valence-electron chi connectivity index (χ2n) is 4.72. The molecular weight excluding hydrogens is 414 g/mol. The molecule has 2 N–H and O–H groups in total. The number of guanidine groups is 1. The van der Waals surface area contributed by atoms with Crippen molar-refractivity contribution in [2.45, 2.75) is 26.9 Å². The van der Waals surface area contributed by atoms with E-state index in [0.29, 0.717) is 24.6 Å². The first-order valence-electron chi connectivity index (χ1n) is 6.68. The first-order chi connectivity index (χ1) is 10.1. The van der Waals surface area contributed by atoms with E-state index in [2.05, 4.69) is 20.6 Å². The topological polar surface area (TPSA) is 49.3 Å². The number of hydrogen-bond acceptors (Lipinski definition) is 3. The van der Waals surface area contributed by atoms with Gasteiger partial charge in [0, 0.05) is 18.5 Å². The van der Waals surface area contributed by atoms with Gasteiger partial charge in [-0.25, -0.2) is 9.37 Å².